The van der Waals surface area contributed by atoms with Gasteiger partial charge in [-0.05, 0) is 35.4 Å². The van der Waals surface area contributed by atoms with Gasteiger partial charge in [0, 0.05) is 12.3 Å². The lowest BCUT2D eigenvalue weighted by molar-refractivity contribution is 0.414. The molecule has 0 fully saturated rings. The molecular formula is C16H19O4P. The Morgan fingerprint density at radius 1 is 0.810 bits per heavy atom. The molecule has 0 bridgehead atoms. The first-order chi connectivity index (χ1) is 10.0. The summed E-state index contributed by atoms with van der Waals surface area (Å²) < 4.78 is 22.5. The summed E-state index contributed by atoms with van der Waals surface area (Å²) in [5.74, 6) is 1.48. The van der Waals surface area contributed by atoms with Crippen molar-refractivity contribution in [3.8, 4) is 11.5 Å². The van der Waals surface area contributed by atoms with E-state index in [4.69, 9.17) is 9.47 Å². The largest absolute Gasteiger partial charge is 0.497 e. The van der Waals surface area contributed by atoms with Crippen LogP contribution in [0.1, 0.15) is 11.1 Å². The summed E-state index contributed by atoms with van der Waals surface area (Å²) >= 11 is 0. The Balaban J connectivity index is 2.04. The molecule has 0 aliphatic rings. The fraction of sp³-hybridized carbons (Fsp3) is 0.250. The van der Waals surface area contributed by atoms with Gasteiger partial charge in [0.2, 0.25) is 7.37 Å². The van der Waals surface area contributed by atoms with Crippen molar-refractivity contribution < 1.29 is 18.9 Å². The Morgan fingerprint density at radius 3 is 1.43 bits per heavy atom. The van der Waals surface area contributed by atoms with Gasteiger partial charge in [0.25, 0.3) is 0 Å². The molecule has 5 heteroatoms. The van der Waals surface area contributed by atoms with Crippen LogP contribution in [0, 0.1) is 0 Å². The molecule has 2 rings (SSSR count). The maximum absolute atomic E-state index is 12.4. The first-order valence-electron chi connectivity index (χ1n) is 6.59. The van der Waals surface area contributed by atoms with Gasteiger partial charge in [-0.15, -0.1) is 0 Å². The molecule has 112 valence electrons. The van der Waals surface area contributed by atoms with Gasteiger partial charge in [-0.2, -0.15) is 0 Å². The Bertz CT molecular complexity index is 566. The van der Waals surface area contributed by atoms with Crippen molar-refractivity contribution in [2.75, 3.05) is 14.2 Å². The van der Waals surface area contributed by atoms with E-state index in [1.807, 2.05) is 24.3 Å². The van der Waals surface area contributed by atoms with Crippen LogP contribution in [-0.2, 0) is 16.9 Å². The molecule has 0 spiro atoms. The van der Waals surface area contributed by atoms with Crippen LogP contribution in [0.15, 0.2) is 48.5 Å². The van der Waals surface area contributed by atoms with E-state index < -0.39 is 7.37 Å². The summed E-state index contributed by atoms with van der Waals surface area (Å²) in [5, 5.41) is 0. The average Bonchev–Trinajstić information content (AvgIpc) is 2.48. The van der Waals surface area contributed by atoms with E-state index in [-0.39, 0.29) is 12.3 Å². The molecular weight excluding hydrogens is 287 g/mol. The molecule has 2 aromatic rings. The highest BCUT2D eigenvalue weighted by Crippen LogP contribution is 2.48. The topological polar surface area (TPSA) is 55.8 Å². The second-order valence-corrected chi connectivity index (χ2v) is 7.18. The van der Waals surface area contributed by atoms with Crippen molar-refractivity contribution in [3.63, 3.8) is 0 Å². The standard InChI is InChI=1S/C16H19O4P/c1-19-15-7-3-13(4-8-15)11-21(17,18)12-14-5-9-16(20-2)10-6-14/h3-10H,11-12H2,1-2H3,(H,17,18). The molecule has 0 aromatic heterocycles. The lowest BCUT2D eigenvalue weighted by atomic mass is 10.2. The Hall–Kier alpha value is -1.77. The van der Waals surface area contributed by atoms with Gasteiger partial charge >= 0.3 is 0 Å². The van der Waals surface area contributed by atoms with Crippen LogP contribution < -0.4 is 9.47 Å². The Labute approximate surface area is 124 Å². The number of hydrogen-bond acceptors (Lipinski definition) is 3. The summed E-state index contributed by atoms with van der Waals surface area (Å²) in [6.07, 6.45) is 0.312. The summed E-state index contributed by atoms with van der Waals surface area (Å²) in [5.41, 5.74) is 1.66. The Morgan fingerprint density at radius 2 is 1.14 bits per heavy atom. The zero-order valence-corrected chi connectivity index (χ0v) is 13.0. The molecule has 2 aromatic carbocycles. The SMILES string of the molecule is COc1ccc(CP(=O)(O)Cc2ccc(OC)cc2)cc1. The second kappa shape index (κ2) is 6.79. The molecule has 0 unspecified atom stereocenters. The molecule has 21 heavy (non-hydrogen) atoms. The maximum atomic E-state index is 12.4. The van der Waals surface area contributed by atoms with Crippen molar-refractivity contribution in [2.24, 2.45) is 0 Å². The van der Waals surface area contributed by atoms with Crippen molar-refractivity contribution in [3.05, 3.63) is 59.7 Å². The maximum Gasteiger partial charge on any atom is 0.209 e. The van der Waals surface area contributed by atoms with Gasteiger partial charge in [0.1, 0.15) is 11.5 Å². The van der Waals surface area contributed by atoms with Gasteiger partial charge in [-0.1, -0.05) is 24.3 Å². The summed E-state index contributed by atoms with van der Waals surface area (Å²) in [7, 11) is -0.0794. The second-order valence-electron chi connectivity index (χ2n) is 4.86. The van der Waals surface area contributed by atoms with Crippen molar-refractivity contribution in [1.82, 2.24) is 0 Å². The third-order valence-corrected chi connectivity index (χ3v) is 4.90. The van der Waals surface area contributed by atoms with Crippen LogP contribution in [-0.4, -0.2) is 19.1 Å². The van der Waals surface area contributed by atoms with Crippen LogP contribution in [0.5, 0.6) is 11.5 Å². The smallest absolute Gasteiger partial charge is 0.209 e. The Kier molecular flexibility index (Phi) is 5.05. The molecule has 0 aliphatic carbocycles. The van der Waals surface area contributed by atoms with Crippen LogP contribution in [0.4, 0.5) is 0 Å². The van der Waals surface area contributed by atoms with Crippen LogP contribution in [0.25, 0.3) is 0 Å². The summed E-state index contributed by atoms with van der Waals surface area (Å²) in [6.45, 7) is 0. The molecule has 0 aliphatic heterocycles. The zero-order chi connectivity index (χ0) is 15.3. The van der Waals surface area contributed by atoms with Gasteiger partial charge in [-0.25, -0.2) is 0 Å². The average molecular weight is 306 g/mol. The highest BCUT2D eigenvalue weighted by molar-refractivity contribution is 7.56. The van der Waals surface area contributed by atoms with E-state index in [9.17, 15) is 9.46 Å². The molecule has 0 heterocycles. The van der Waals surface area contributed by atoms with E-state index in [2.05, 4.69) is 0 Å². The molecule has 0 amide bonds. The van der Waals surface area contributed by atoms with E-state index in [1.54, 1.807) is 38.5 Å². The van der Waals surface area contributed by atoms with Gasteiger partial charge < -0.3 is 14.4 Å². The molecule has 0 radical (unpaired) electrons. The molecule has 1 N–H and O–H groups in total. The van der Waals surface area contributed by atoms with E-state index in [0.29, 0.717) is 0 Å². The monoisotopic (exact) mass is 306 g/mol. The van der Waals surface area contributed by atoms with Gasteiger partial charge in [0.15, 0.2) is 0 Å². The predicted molar refractivity (Wildman–Crippen MR) is 83.2 cm³/mol. The molecule has 0 saturated carbocycles. The number of hydrogen-bond donors (Lipinski definition) is 1. The minimum Gasteiger partial charge on any atom is -0.497 e. The molecule has 0 saturated heterocycles. The third kappa shape index (κ3) is 4.62. The summed E-state index contributed by atoms with van der Waals surface area (Å²) in [6, 6.07) is 14.4. The lowest BCUT2D eigenvalue weighted by Crippen LogP contribution is -1.93. The van der Waals surface area contributed by atoms with Crippen molar-refractivity contribution in [1.29, 1.82) is 0 Å². The van der Waals surface area contributed by atoms with Crippen LogP contribution >= 0.6 is 7.37 Å². The first-order valence-corrected chi connectivity index (χ1v) is 8.62. The number of methoxy groups -OCH3 is 2. The number of rotatable bonds is 6. The zero-order valence-electron chi connectivity index (χ0n) is 12.2. The third-order valence-electron chi connectivity index (χ3n) is 3.18. The predicted octanol–water partition coefficient (Wildman–Crippen LogP) is 3.67. The van der Waals surface area contributed by atoms with Crippen molar-refractivity contribution >= 4 is 7.37 Å². The van der Waals surface area contributed by atoms with Crippen LogP contribution in [0.2, 0.25) is 0 Å². The van der Waals surface area contributed by atoms with Gasteiger partial charge in [0.05, 0.1) is 14.2 Å². The summed E-state index contributed by atoms with van der Waals surface area (Å²) in [4.78, 5) is 10.2. The normalized spacial score (nSPS) is 11.2. The highest BCUT2D eigenvalue weighted by Gasteiger charge is 2.19. The number of ether oxygens (including phenoxy) is 2. The minimum atomic E-state index is -3.27. The fourth-order valence-corrected chi connectivity index (χ4v) is 3.76. The fourth-order valence-electron chi connectivity index (χ4n) is 2.09. The first kappa shape index (κ1) is 15.6. The van der Waals surface area contributed by atoms with Crippen molar-refractivity contribution in [2.45, 2.75) is 12.3 Å². The van der Waals surface area contributed by atoms with Gasteiger partial charge in [-0.3, -0.25) is 4.57 Å². The van der Waals surface area contributed by atoms with E-state index >= 15 is 0 Å². The molecule has 4 nitrogen and oxygen atoms in total. The van der Waals surface area contributed by atoms with E-state index in [1.165, 1.54) is 0 Å². The quantitative estimate of drug-likeness (QED) is 0.827. The number of benzene rings is 2. The minimum absolute atomic E-state index is 0.156. The van der Waals surface area contributed by atoms with Crippen LogP contribution in [0.3, 0.4) is 0 Å². The van der Waals surface area contributed by atoms with E-state index in [0.717, 1.165) is 22.6 Å². The lowest BCUT2D eigenvalue weighted by Gasteiger charge is -2.12. The molecule has 0 atom stereocenters. The highest BCUT2D eigenvalue weighted by atomic mass is 31.2.